The van der Waals surface area contributed by atoms with Crippen LogP contribution < -0.4 is 11.1 Å². The van der Waals surface area contributed by atoms with Crippen molar-refractivity contribution in [2.24, 2.45) is 10.7 Å². The third kappa shape index (κ3) is 3.46. The molecule has 0 aliphatic rings. The molecule has 0 saturated carbocycles. The number of urea groups is 1. The molecule has 0 fully saturated rings. The first-order valence-electron chi connectivity index (χ1n) is 7.85. The average molecular weight is 320 g/mol. The van der Waals surface area contributed by atoms with E-state index in [9.17, 15) is 4.79 Å². The van der Waals surface area contributed by atoms with Crippen LogP contribution in [0.3, 0.4) is 0 Å². The van der Waals surface area contributed by atoms with Gasteiger partial charge in [0.1, 0.15) is 5.84 Å². The van der Waals surface area contributed by atoms with E-state index in [2.05, 4.69) is 29.1 Å². The summed E-state index contributed by atoms with van der Waals surface area (Å²) in [7, 11) is 0. The molecule has 0 atom stereocenters. The second kappa shape index (κ2) is 6.58. The number of aromatic nitrogens is 1. The summed E-state index contributed by atoms with van der Waals surface area (Å²) < 4.78 is 0. The van der Waals surface area contributed by atoms with Gasteiger partial charge in [-0.25, -0.2) is 4.79 Å². The summed E-state index contributed by atoms with van der Waals surface area (Å²) in [5.41, 5.74) is 9.58. The molecule has 0 aliphatic carbocycles. The number of fused-ring (bicyclic) bond motifs is 1. The van der Waals surface area contributed by atoms with Gasteiger partial charge < -0.3 is 16.0 Å². The Morgan fingerprint density at radius 1 is 1.12 bits per heavy atom. The molecule has 0 unspecified atom stereocenters. The van der Waals surface area contributed by atoms with Crippen LogP contribution in [0, 0.1) is 0 Å². The van der Waals surface area contributed by atoms with Crippen molar-refractivity contribution in [3.8, 4) is 0 Å². The molecule has 3 aromatic rings. The molecule has 0 spiro atoms. The fourth-order valence-corrected chi connectivity index (χ4v) is 2.50. The van der Waals surface area contributed by atoms with E-state index in [4.69, 9.17) is 5.73 Å². The maximum absolute atomic E-state index is 12.1. The minimum Gasteiger partial charge on any atom is -0.383 e. The van der Waals surface area contributed by atoms with Crippen LogP contribution in [0.4, 0.5) is 10.5 Å². The third-order valence-corrected chi connectivity index (χ3v) is 3.90. The van der Waals surface area contributed by atoms with Crippen LogP contribution >= 0.6 is 0 Å². The van der Waals surface area contributed by atoms with Crippen LogP contribution in [0.15, 0.2) is 59.7 Å². The Labute approximate surface area is 140 Å². The van der Waals surface area contributed by atoms with E-state index in [1.807, 2.05) is 54.7 Å². The number of nitrogens with two attached hydrogens (primary N) is 1. The second-order valence-electron chi connectivity index (χ2n) is 5.98. The van der Waals surface area contributed by atoms with Gasteiger partial charge in [-0.1, -0.05) is 38.1 Å². The molecule has 0 bridgehead atoms. The van der Waals surface area contributed by atoms with E-state index < -0.39 is 6.03 Å². The molecule has 4 N–H and O–H groups in total. The Hall–Kier alpha value is -3.08. The summed E-state index contributed by atoms with van der Waals surface area (Å²) in [5, 5.41) is 3.76. The molecule has 122 valence electrons. The fraction of sp³-hybridized carbons (Fsp3) is 0.158. The molecule has 2 aromatic carbocycles. The van der Waals surface area contributed by atoms with E-state index in [0.717, 1.165) is 16.5 Å². The Morgan fingerprint density at radius 2 is 1.88 bits per heavy atom. The highest BCUT2D eigenvalue weighted by atomic mass is 16.2. The van der Waals surface area contributed by atoms with Gasteiger partial charge in [-0.3, -0.25) is 0 Å². The minimum absolute atomic E-state index is 0.200. The predicted molar refractivity (Wildman–Crippen MR) is 98.6 cm³/mol. The molecular formula is C19H20N4O. The van der Waals surface area contributed by atoms with E-state index in [-0.39, 0.29) is 5.84 Å². The molecule has 5 heteroatoms. The summed E-state index contributed by atoms with van der Waals surface area (Å²) in [5.74, 6) is 0.648. The van der Waals surface area contributed by atoms with Crippen molar-refractivity contribution >= 4 is 28.5 Å². The van der Waals surface area contributed by atoms with Crippen molar-refractivity contribution in [1.29, 1.82) is 0 Å². The standard InChI is InChI=1S/C19H20N4O/c1-12(2)13-3-5-14(6-4-13)18(20)23-19(24)22-16-7-8-17-15(11-16)9-10-21-17/h3-12,21H,1-2H3,(H3,20,22,23,24). The van der Waals surface area contributed by atoms with Gasteiger partial charge in [0.15, 0.2) is 0 Å². The number of aromatic amines is 1. The van der Waals surface area contributed by atoms with Gasteiger partial charge in [-0.2, -0.15) is 4.99 Å². The number of rotatable bonds is 3. The summed E-state index contributed by atoms with van der Waals surface area (Å²) in [6, 6.07) is 14.8. The highest BCUT2D eigenvalue weighted by molar-refractivity contribution is 6.07. The second-order valence-corrected chi connectivity index (χ2v) is 5.98. The Balaban J connectivity index is 1.73. The number of anilines is 1. The number of nitrogens with zero attached hydrogens (tertiary/aromatic N) is 1. The lowest BCUT2D eigenvalue weighted by Gasteiger charge is -2.07. The minimum atomic E-state index is -0.490. The summed E-state index contributed by atoms with van der Waals surface area (Å²) >= 11 is 0. The van der Waals surface area contributed by atoms with Crippen molar-refractivity contribution in [2.45, 2.75) is 19.8 Å². The maximum atomic E-state index is 12.1. The summed E-state index contributed by atoms with van der Waals surface area (Å²) in [6.07, 6.45) is 1.85. The highest BCUT2D eigenvalue weighted by Gasteiger charge is 2.06. The zero-order chi connectivity index (χ0) is 17.1. The zero-order valence-corrected chi connectivity index (χ0v) is 13.7. The molecule has 2 amide bonds. The topological polar surface area (TPSA) is 83.3 Å². The van der Waals surface area contributed by atoms with Gasteiger partial charge in [0.25, 0.3) is 0 Å². The first-order chi connectivity index (χ1) is 11.5. The number of H-pyrrole nitrogens is 1. The summed E-state index contributed by atoms with van der Waals surface area (Å²) in [4.78, 5) is 19.1. The monoisotopic (exact) mass is 320 g/mol. The number of carbonyl (C=O) groups is 1. The van der Waals surface area contributed by atoms with E-state index in [1.165, 1.54) is 5.56 Å². The van der Waals surface area contributed by atoms with Crippen molar-refractivity contribution < 1.29 is 4.79 Å². The lowest BCUT2D eigenvalue weighted by atomic mass is 10.0. The van der Waals surface area contributed by atoms with Gasteiger partial charge in [0.05, 0.1) is 0 Å². The van der Waals surface area contributed by atoms with Crippen LogP contribution in [-0.4, -0.2) is 16.9 Å². The molecule has 0 aliphatic heterocycles. The number of benzene rings is 2. The van der Waals surface area contributed by atoms with Crippen LogP contribution in [0.5, 0.6) is 0 Å². The Bertz CT molecular complexity index is 891. The third-order valence-electron chi connectivity index (χ3n) is 3.90. The van der Waals surface area contributed by atoms with Gasteiger partial charge in [0, 0.05) is 28.4 Å². The van der Waals surface area contributed by atoms with Crippen molar-refractivity contribution in [2.75, 3.05) is 5.32 Å². The van der Waals surface area contributed by atoms with Gasteiger partial charge >= 0.3 is 6.03 Å². The molecule has 1 heterocycles. The number of carbonyl (C=O) groups excluding carboxylic acids is 1. The van der Waals surface area contributed by atoms with Crippen LogP contribution in [-0.2, 0) is 0 Å². The molecule has 0 radical (unpaired) electrons. The first-order valence-corrected chi connectivity index (χ1v) is 7.85. The Morgan fingerprint density at radius 3 is 2.58 bits per heavy atom. The molecule has 3 rings (SSSR count). The predicted octanol–water partition coefficient (Wildman–Crippen LogP) is 4.23. The lowest BCUT2D eigenvalue weighted by molar-refractivity contribution is 0.259. The number of aliphatic imine (C=N–C) groups is 1. The van der Waals surface area contributed by atoms with Crippen molar-refractivity contribution in [3.05, 3.63) is 65.9 Å². The van der Waals surface area contributed by atoms with E-state index >= 15 is 0 Å². The molecule has 5 nitrogen and oxygen atoms in total. The number of amides is 2. The molecule has 0 saturated heterocycles. The Kier molecular flexibility index (Phi) is 4.33. The average Bonchev–Trinajstić information content (AvgIpc) is 3.02. The SMILES string of the molecule is CC(C)c1ccc(C(N)=NC(=O)Nc2ccc3[nH]ccc3c2)cc1. The zero-order valence-electron chi connectivity index (χ0n) is 13.7. The van der Waals surface area contributed by atoms with E-state index in [0.29, 0.717) is 11.6 Å². The van der Waals surface area contributed by atoms with Gasteiger partial charge in [0.2, 0.25) is 0 Å². The highest BCUT2D eigenvalue weighted by Crippen LogP contribution is 2.18. The van der Waals surface area contributed by atoms with E-state index in [1.54, 1.807) is 0 Å². The quantitative estimate of drug-likeness (QED) is 0.498. The normalized spacial score (nSPS) is 11.9. The number of hydrogen-bond acceptors (Lipinski definition) is 1. The molecule has 24 heavy (non-hydrogen) atoms. The fourth-order valence-electron chi connectivity index (χ4n) is 2.50. The van der Waals surface area contributed by atoms with Crippen LogP contribution in [0.2, 0.25) is 0 Å². The maximum Gasteiger partial charge on any atom is 0.347 e. The number of hydrogen-bond donors (Lipinski definition) is 3. The van der Waals surface area contributed by atoms with Crippen molar-refractivity contribution in [1.82, 2.24) is 4.98 Å². The number of nitrogens with one attached hydrogen (secondary N) is 2. The molecular weight excluding hydrogens is 300 g/mol. The van der Waals surface area contributed by atoms with Gasteiger partial charge in [-0.15, -0.1) is 0 Å². The lowest BCUT2D eigenvalue weighted by Crippen LogP contribution is -2.18. The largest absolute Gasteiger partial charge is 0.383 e. The smallest absolute Gasteiger partial charge is 0.347 e. The number of amidine groups is 1. The molecule has 1 aromatic heterocycles. The van der Waals surface area contributed by atoms with Crippen LogP contribution in [0.1, 0.15) is 30.9 Å². The van der Waals surface area contributed by atoms with Crippen molar-refractivity contribution in [3.63, 3.8) is 0 Å². The first kappa shape index (κ1) is 15.8. The summed E-state index contributed by atoms with van der Waals surface area (Å²) in [6.45, 7) is 4.25. The van der Waals surface area contributed by atoms with Gasteiger partial charge in [-0.05, 0) is 35.7 Å². The van der Waals surface area contributed by atoms with Crippen LogP contribution in [0.25, 0.3) is 10.9 Å².